The van der Waals surface area contributed by atoms with Gasteiger partial charge in [-0.25, -0.2) is 14.4 Å². The Bertz CT molecular complexity index is 967. The van der Waals surface area contributed by atoms with Gasteiger partial charge in [-0.1, -0.05) is 18.2 Å². The summed E-state index contributed by atoms with van der Waals surface area (Å²) in [7, 11) is 0. The number of benzene rings is 2. The lowest BCUT2D eigenvalue weighted by Crippen LogP contribution is -2.37. The van der Waals surface area contributed by atoms with E-state index in [-0.39, 0.29) is 24.4 Å². The Labute approximate surface area is 161 Å². The van der Waals surface area contributed by atoms with E-state index in [4.69, 9.17) is 9.47 Å². The van der Waals surface area contributed by atoms with Crippen molar-refractivity contribution in [3.63, 3.8) is 0 Å². The molecule has 0 bridgehead atoms. The van der Waals surface area contributed by atoms with Gasteiger partial charge in [0.1, 0.15) is 29.7 Å². The van der Waals surface area contributed by atoms with E-state index in [2.05, 4.69) is 15.3 Å². The zero-order chi connectivity index (χ0) is 19.3. The van der Waals surface area contributed by atoms with Crippen molar-refractivity contribution in [2.75, 3.05) is 13.2 Å². The molecule has 1 aliphatic heterocycles. The normalized spacial score (nSPS) is 14.8. The van der Waals surface area contributed by atoms with Crippen LogP contribution in [0.25, 0.3) is 11.1 Å². The van der Waals surface area contributed by atoms with E-state index < -0.39 is 0 Å². The van der Waals surface area contributed by atoms with Crippen LogP contribution in [0.2, 0.25) is 0 Å². The average molecular weight is 379 g/mol. The summed E-state index contributed by atoms with van der Waals surface area (Å²) < 4.78 is 25.4. The second-order valence-electron chi connectivity index (χ2n) is 6.42. The lowest BCUT2D eigenvalue weighted by molar-refractivity contribution is -0.123. The number of halogens is 1. The minimum Gasteiger partial charge on any atom is -0.487 e. The Morgan fingerprint density at radius 1 is 1.21 bits per heavy atom. The zero-order valence-electron chi connectivity index (χ0n) is 15.0. The number of hydrogen-bond donors (Lipinski definition) is 1. The standard InChI is InChI=1S/C21H18FN3O3/c22-16-6-14-7-18(11-25-20(26)12-27-17-4-2-1-3-5-17)28-21(14)19(8-16)15-9-23-13-24-10-15/h1-6,8-10,13,18H,7,11-12H2,(H,25,26)/t18-/m0/s1. The highest BCUT2D eigenvalue weighted by molar-refractivity contribution is 5.77. The molecular formula is C21H18FN3O3. The van der Waals surface area contributed by atoms with Crippen molar-refractivity contribution in [2.24, 2.45) is 0 Å². The molecule has 1 amide bonds. The third-order valence-electron chi connectivity index (χ3n) is 4.37. The first-order valence-corrected chi connectivity index (χ1v) is 8.88. The largest absolute Gasteiger partial charge is 0.487 e. The molecule has 0 saturated heterocycles. The molecular weight excluding hydrogens is 361 g/mol. The van der Waals surface area contributed by atoms with Crippen LogP contribution < -0.4 is 14.8 Å². The van der Waals surface area contributed by atoms with Gasteiger partial charge in [-0.3, -0.25) is 4.79 Å². The zero-order valence-corrected chi connectivity index (χ0v) is 15.0. The van der Waals surface area contributed by atoms with Crippen molar-refractivity contribution in [3.8, 4) is 22.6 Å². The van der Waals surface area contributed by atoms with Crippen LogP contribution in [0.4, 0.5) is 4.39 Å². The van der Waals surface area contributed by atoms with E-state index in [0.717, 1.165) is 5.56 Å². The molecule has 0 aliphatic carbocycles. The Balaban J connectivity index is 1.37. The van der Waals surface area contributed by atoms with Gasteiger partial charge in [0, 0.05) is 35.5 Å². The number of rotatable bonds is 6. The van der Waals surface area contributed by atoms with Crippen LogP contribution in [0.1, 0.15) is 5.56 Å². The van der Waals surface area contributed by atoms with E-state index in [9.17, 15) is 9.18 Å². The van der Waals surface area contributed by atoms with E-state index in [1.165, 1.54) is 18.5 Å². The number of para-hydroxylation sites is 1. The molecule has 0 saturated carbocycles. The van der Waals surface area contributed by atoms with Crippen LogP contribution in [0.15, 0.2) is 61.2 Å². The maximum atomic E-state index is 14.0. The van der Waals surface area contributed by atoms with Gasteiger partial charge in [-0.05, 0) is 24.3 Å². The highest BCUT2D eigenvalue weighted by Crippen LogP contribution is 2.39. The number of nitrogens with one attached hydrogen (secondary N) is 1. The first kappa shape index (κ1) is 17.9. The molecule has 1 N–H and O–H groups in total. The molecule has 4 rings (SSSR count). The second kappa shape index (κ2) is 8.04. The highest BCUT2D eigenvalue weighted by Gasteiger charge is 2.27. The maximum absolute atomic E-state index is 14.0. The summed E-state index contributed by atoms with van der Waals surface area (Å²) in [6, 6.07) is 12.0. The van der Waals surface area contributed by atoms with Crippen LogP contribution in [0.3, 0.4) is 0 Å². The van der Waals surface area contributed by atoms with Crippen LogP contribution in [-0.2, 0) is 11.2 Å². The third-order valence-corrected chi connectivity index (χ3v) is 4.37. The van der Waals surface area contributed by atoms with Crippen molar-refractivity contribution < 1.29 is 18.7 Å². The fraction of sp³-hybridized carbons (Fsp3) is 0.190. The minimum atomic E-state index is -0.345. The first-order chi connectivity index (χ1) is 13.7. The molecule has 0 unspecified atom stereocenters. The van der Waals surface area contributed by atoms with E-state index in [1.807, 2.05) is 18.2 Å². The van der Waals surface area contributed by atoms with Crippen LogP contribution in [0.5, 0.6) is 11.5 Å². The summed E-state index contributed by atoms with van der Waals surface area (Å²) in [4.78, 5) is 20.0. The smallest absolute Gasteiger partial charge is 0.258 e. The topological polar surface area (TPSA) is 73.3 Å². The molecule has 0 fully saturated rings. The van der Waals surface area contributed by atoms with Crippen molar-refractivity contribution in [1.29, 1.82) is 0 Å². The molecule has 6 nitrogen and oxygen atoms in total. The van der Waals surface area contributed by atoms with Gasteiger partial charge in [0.15, 0.2) is 6.61 Å². The Morgan fingerprint density at radius 2 is 2.00 bits per heavy atom. The Kier molecular flexibility index (Phi) is 5.14. The van der Waals surface area contributed by atoms with Gasteiger partial charge >= 0.3 is 0 Å². The van der Waals surface area contributed by atoms with Gasteiger partial charge in [0.2, 0.25) is 0 Å². The van der Waals surface area contributed by atoms with Gasteiger partial charge in [0.25, 0.3) is 5.91 Å². The predicted molar refractivity (Wildman–Crippen MR) is 100 cm³/mol. The summed E-state index contributed by atoms with van der Waals surface area (Å²) in [5, 5.41) is 2.80. The molecule has 1 aliphatic rings. The number of ether oxygens (including phenoxy) is 2. The van der Waals surface area contributed by atoms with Crippen LogP contribution in [-0.4, -0.2) is 35.1 Å². The molecule has 28 heavy (non-hydrogen) atoms. The number of hydrogen-bond acceptors (Lipinski definition) is 5. The van der Waals surface area contributed by atoms with Crippen LogP contribution >= 0.6 is 0 Å². The monoisotopic (exact) mass is 379 g/mol. The molecule has 2 heterocycles. The van der Waals surface area contributed by atoms with E-state index >= 15 is 0 Å². The number of aromatic nitrogens is 2. The third kappa shape index (κ3) is 4.09. The maximum Gasteiger partial charge on any atom is 0.258 e. The first-order valence-electron chi connectivity index (χ1n) is 8.88. The molecule has 0 radical (unpaired) electrons. The van der Waals surface area contributed by atoms with Gasteiger partial charge < -0.3 is 14.8 Å². The van der Waals surface area contributed by atoms with Crippen molar-refractivity contribution in [1.82, 2.24) is 15.3 Å². The SMILES string of the molecule is O=C(COc1ccccc1)NC[C@@H]1Cc2cc(F)cc(-c3cncnc3)c2O1. The number of amides is 1. The number of carbonyl (C=O) groups is 1. The Hall–Kier alpha value is -3.48. The highest BCUT2D eigenvalue weighted by atomic mass is 19.1. The summed E-state index contributed by atoms with van der Waals surface area (Å²) >= 11 is 0. The number of fused-ring (bicyclic) bond motifs is 1. The van der Waals surface area contributed by atoms with Gasteiger partial charge in [-0.2, -0.15) is 0 Å². The molecule has 7 heteroatoms. The second-order valence-corrected chi connectivity index (χ2v) is 6.42. The van der Waals surface area contributed by atoms with Crippen LogP contribution in [0, 0.1) is 5.82 Å². The Morgan fingerprint density at radius 3 is 2.79 bits per heavy atom. The average Bonchev–Trinajstić information content (AvgIpc) is 3.14. The quantitative estimate of drug-likeness (QED) is 0.713. The molecule has 1 aromatic heterocycles. The number of nitrogens with zero attached hydrogens (tertiary/aromatic N) is 2. The molecule has 1 atom stereocenters. The summed E-state index contributed by atoms with van der Waals surface area (Å²) in [5.41, 5.74) is 2.05. The van der Waals surface area contributed by atoms with E-state index in [0.29, 0.717) is 35.6 Å². The van der Waals surface area contributed by atoms with Crippen molar-refractivity contribution >= 4 is 5.91 Å². The predicted octanol–water partition coefficient (Wildman–Crippen LogP) is 2.78. The molecule has 0 spiro atoms. The minimum absolute atomic E-state index is 0.0785. The summed E-state index contributed by atoms with van der Waals surface area (Å²) in [5.74, 6) is 0.650. The lowest BCUT2D eigenvalue weighted by Gasteiger charge is -2.14. The lowest BCUT2D eigenvalue weighted by atomic mass is 10.0. The summed E-state index contributed by atoms with van der Waals surface area (Å²) in [6.07, 6.45) is 4.87. The number of carbonyl (C=O) groups excluding carboxylic acids is 1. The molecule has 2 aromatic carbocycles. The molecule has 3 aromatic rings. The fourth-order valence-electron chi connectivity index (χ4n) is 3.11. The van der Waals surface area contributed by atoms with Crippen molar-refractivity contribution in [2.45, 2.75) is 12.5 Å². The van der Waals surface area contributed by atoms with E-state index in [1.54, 1.807) is 24.5 Å². The fourth-order valence-corrected chi connectivity index (χ4v) is 3.11. The summed E-state index contributed by atoms with van der Waals surface area (Å²) in [6.45, 7) is 0.225. The van der Waals surface area contributed by atoms with Crippen molar-refractivity contribution in [3.05, 3.63) is 72.6 Å². The van der Waals surface area contributed by atoms with Gasteiger partial charge in [-0.15, -0.1) is 0 Å². The molecule has 142 valence electrons. The van der Waals surface area contributed by atoms with Gasteiger partial charge in [0.05, 0.1) is 6.54 Å².